The quantitative estimate of drug-likeness (QED) is 0.722. The molecule has 25 heavy (non-hydrogen) atoms. The van der Waals surface area contributed by atoms with Crippen LogP contribution < -0.4 is 10.6 Å². The maximum atomic E-state index is 9.02. The predicted molar refractivity (Wildman–Crippen MR) is 100 cm³/mol. The number of benzene rings is 2. The number of aromatic nitrogens is 2. The molecule has 0 bridgehead atoms. The zero-order chi connectivity index (χ0) is 17.8. The molecule has 1 heterocycles. The van der Waals surface area contributed by atoms with Crippen molar-refractivity contribution in [1.29, 1.82) is 5.26 Å². The van der Waals surface area contributed by atoms with Gasteiger partial charge in [0.05, 0.1) is 11.6 Å². The Morgan fingerprint density at radius 1 is 0.880 bits per heavy atom. The Labute approximate surface area is 147 Å². The standard InChI is InChI=1S/C20H19N5/c1-13-6-4-9-18(14(13)2)25-20-11-19(22-15(3)23-20)24-17-8-5-7-16(10-17)12-21/h4-11H,1-3H3,(H2,22,23,24,25). The van der Waals surface area contributed by atoms with Crippen LogP contribution in [0.25, 0.3) is 0 Å². The van der Waals surface area contributed by atoms with Gasteiger partial charge in [-0.3, -0.25) is 0 Å². The Kier molecular flexibility index (Phi) is 4.62. The van der Waals surface area contributed by atoms with E-state index in [0.29, 0.717) is 17.2 Å². The number of nitriles is 1. The zero-order valence-corrected chi connectivity index (χ0v) is 14.5. The van der Waals surface area contributed by atoms with E-state index in [1.165, 1.54) is 11.1 Å². The molecular formula is C20H19N5. The van der Waals surface area contributed by atoms with Crippen LogP contribution in [0, 0.1) is 32.1 Å². The molecule has 124 valence electrons. The van der Waals surface area contributed by atoms with Crippen molar-refractivity contribution in [3.63, 3.8) is 0 Å². The van der Waals surface area contributed by atoms with Gasteiger partial charge in [-0.05, 0) is 56.2 Å². The van der Waals surface area contributed by atoms with Gasteiger partial charge in [0.15, 0.2) is 0 Å². The van der Waals surface area contributed by atoms with Gasteiger partial charge in [0.1, 0.15) is 17.5 Å². The van der Waals surface area contributed by atoms with E-state index in [1.807, 2.05) is 37.3 Å². The van der Waals surface area contributed by atoms with Gasteiger partial charge in [-0.25, -0.2) is 9.97 Å². The van der Waals surface area contributed by atoms with Crippen LogP contribution in [0.4, 0.5) is 23.0 Å². The number of aryl methyl sites for hydroxylation is 2. The summed E-state index contributed by atoms with van der Waals surface area (Å²) in [7, 11) is 0. The lowest BCUT2D eigenvalue weighted by atomic mass is 10.1. The topological polar surface area (TPSA) is 73.6 Å². The van der Waals surface area contributed by atoms with E-state index in [1.54, 1.807) is 12.1 Å². The molecule has 2 aromatic carbocycles. The van der Waals surface area contributed by atoms with Gasteiger partial charge in [-0.2, -0.15) is 5.26 Å². The van der Waals surface area contributed by atoms with E-state index in [9.17, 15) is 0 Å². The largest absolute Gasteiger partial charge is 0.340 e. The first kappa shape index (κ1) is 16.5. The molecule has 0 atom stereocenters. The number of nitrogens with one attached hydrogen (secondary N) is 2. The number of hydrogen-bond donors (Lipinski definition) is 2. The summed E-state index contributed by atoms with van der Waals surface area (Å²) in [4.78, 5) is 8.88. The molecule has 0 aliphatic heterocycles. The fourth-order valence-corrected chi connectivity index (χ4v) is 2.53. The Hall–Kier alpha value is -3.39. The third kappa shape index (κ3) is 3.93. The van der Waals surface area contributed by atoms with Crippen molar-refractivity contribution in [3.05, 3.63) is 71.0 Å². The maximum Gasteiger partial charge on any atom is 0.136 e. The van der Waals surface area contributed by atoms with E-state index >= 15 is 0 Å². The Morgan fingerprint density at radius 3 is 2.36 bits per heavy atom. The molecule has 0 unspecified atom stereocenters. The second kappa shape index (κ2) is 7.02. The Morgan fingerprint density at radius 2 is 1.60 bits per heavy atom. The summed E-state index contributed by atoms with van der Waals surface area (Å²) in [5.41, 5.74) is 4.85. The minimum absolute atomic E-state index is 0.601. The number of rotatable bonds is 4. The Balaban J connectivity index is 1.87. The molecule has 3 aromatic rings. The van der Waals surface area contributed by atoms with Gasteiger partial charge < -0.3 is 10.6 Å². The summed E-state index contributed by atoms with van der Waals surface area (Å²) in [6, 6.07) is 17.4. The molecule has 5 nitrogen and oxygen atoms in total. The molecule has 0 saturated carbocycles. The highest BCUT2D eigenvalue weighted by Crippen LogP contribution is 2.24. The molecule has 0 aliphatic carbocycles. The van der Waals surface area contributed by atoms with Crippen LogP contribution in [0.5, 0.6) is 0 Å². The van der Waals surface area contributed by atoms with E-state index in [0.717, 1.165) is 17.2 Å². The van der Waals surface area contributed by atoms with E-state index in [-0.39, 0.29) is 0 Å². The second-order valence-corrected chi connectivity index (χ2v) is 5.88. The maximum absolute atomic E-state index is 9.02. The van der Waals surface area contributed by atoms with Crippen LogP contribution in [0.3, 0.4) is 0 Å². The summed E-state index contributed by atoms with van der Waals surface area (Å²) >= 11 is 0. The lowest BCUT2D eigenvalue weighted by Gasteiger charge is -2.13. The lowest BCUT2D eigenvalue weighted by molar-refractivity contribution is 1.06. The summed E-state index contributed by atoms with van der Waals surface area (Å²) in [5, 5.41) is 15.6. The SMILES string of the molecule is Cc1nc(Nc2cccc(C#N)c2)cc(Nc2cccc(C)c2C)n1. The van der Waals surface area contributed by atoms with Gasteiger partial charge >= 0.3 is 0 Å². The lowest BCUT2D eigenvalue weighted by Crippen LogP contribution is -2.02. The molecule has 3 rings (SSSR count). The average molecular weight is 329 g/mol. The van der Waals surface area contributed by atoms with Crippen molar-refractivity contribution >= 4 is 23.0 Å². The number of anilines is 4. The summed E-state index contributed by atoms with van der Waals surface area (Å²) in [6.07, 6.45) is 0. The normalized spacial score (nSPS) is 10.2. The third-order valence-electron chi connectivity index (χ3n) is 3.97. The van der Waals surface area contributed by atoms with Gasteiger partial charge in [0.2, 0.25) is 0 Å². The van der Waals surface area contributed by atoms with Gasteiger partial charge in [0.25, 0.3) is 0 Å². The summed E-state index contributed by atoms with van der Waals surface area (Å²) < 4.78 is 0. The summed E-state index contributed by atoms with van der Waals surface area (Å²) in [5.74, 6) is 2.06. The molecular weight excluding hydrogens is 310 g/mol. The summed E-state index contributed by atoms with van der Waals surface area (Å²) in [6.45, 7) is 6.02. The van der Waals surface area contributed by atoms with Crippen LogP contribution in [0.1, 0.15) is 22.5 Å². The van der Waals surface area contributed by atoms with Crippen molar-refractivity contribution in [2.45, 2.75) is 20.8 Å². The first-order valence-electron chi connectivity index (χ1n) is 8.01. The first-order valence-corrected chi connectivity index (χ1v) is 8.01. The highest BCUT2D eigenvalue weighted by atomic mass is 15.1. The molecule has 0 spiro atoms. The molecule has 0 radical (unpaired) electrons. The zero-order valence-electron chi connectivity index (χ0n) is 14.5. The van der Waals surface area contributed by atoms with Crippen molar-refractivity contribution in [2.24, 2.45) is 0 Å². The average Bonchev–Trinajstić information content (AvgIpc) is 2.59. The second-order valence-electron chi connectivity index (χ2n) is 5.88. The molecule has 0 amide bonds. The third-order valence-corrected chi connectivity index (χ3v) is 3.97. The van der Waals surface area contributed by atoms with Crippen LogP contribution in [0.2, 0.25) is 0 Å². The smallest absolute Gasteiger partial charge is 0.136 e. The van der Waals surface area contributed by atoms with Crippen molar-refractivity contribution in [2.75, 3.05) is 10.6 Å². The minimum atomic E-state index is 0.601. The molecule has 2 N–H and O–H groups in total. The monoisotopic (exact) mass is 329 g/mol. The van der Waals surface area contributed by atoms with Crippen molar-refractivity contribution < 1.29 is 0 Å². The van der Waals surface area contributed by atoms with Crippen molar-refractivity contribution in [3.8, 4) is 6.07 Å². The van der Waals surface area contributed by atoms with Crippen molar-refractivity contribution in [1.82, 2.24) is 9.97 Å². The van der Waals surface area contributed by atoms with Gasteiger partial charge in [-0.1, -0.05) is 18.2 Å². The van der Waals surface area contributed by atoms with Gasteiger partial charge in [-0.15, -0.1) is 0 Å². The van der Waals surface area contributed by atoms with Crippen LogP contribution >= 0.6 is 0 Å². The fourth-order valence-electron chi connectivity index (χ4n) is 2.53. The first-order chi connectivity index (χ1) is 12.0. The molecule has 0 saturated heterocycles. The van der Waals surface area contributed by atoms with E-state index < -0.39 is 0 Å². The molecule has 1 aromatic heterocycles. The van der Waals surface area contributed by atoms with Crippen LogP contribution in [-0.4, -0.2) is 9.97 Å². The number of hydrogen-bond acceptors (Lipinski definition) is 5. The van der Waals surface area contributed by atoms with E-state index in [2.05, 4.69) is 46.6 Å². The van der Waals surface area contributed by atoms with Gasteiger partial charge in [0, 0.05) is 17.4 Å². The highest BCUT2D eigenvalue weighted by Gasteiger charge is 2.06. The molecule has 0 aliphatic rings. The van der Waals surface area contributed by atoms with Crippen LogP contribution in [0.15, 0.2) is 48.5 Å². The van der Waals surface area contributed by atoms with E-state index in [4.69, 9.17) is 5.26 Å². The fraction of sp³-hybridized carbons (Fsp3) is 0.150. The van der Waals surface area contributed by atoms with Crippen LogP contribution in [-0.2, 0) is 0 Å². The minimum Gasteiger partial charge on any atom is -0.340 e. The molecule has 5 heteroatoms. The molecule has 0 fully saturated rings. The highest BCUT2D eigenvalue weighted by molar-refractivity contribution is 5.66. The number of nitrogens with zero attached hydrogens (tertiary/aromatic N) is 3. The predicted octanol–water partition coefficient (Wildman–Crippen LogP) is 4.76. The Bertz CT molecular complexity index is 957.